The second-order valence-electron chi connectivity index (χ2n) is 6.00. The largest absolute Gasteiger partial charge is 0.330 e. The predicted octanol–water partition coefficient (Wildman–Crippen LogP) is 1.56. The molecule has 0 unspecified atom stereocenters. The number of aromatic nitrogens is 1. The molecule has 6 nitrogen and oxygen atoms in total. The van der Waals surface area contributed by atoms with Crippen molar-refractivity contribution in [2.75, 3.05) is 25.4 Å². The van der Waals surface area contributed by atoms with E-state index < -0.39 is 10.0 Å². The highest BCUT2D eigenvalue weighted by molar-refractivity contribution is 7.89. The summed E-state index contributed by atoms with van der Waals surface area (Å²) in [5, 5.41) is 1.76. The minimum absolute atomic E-state index is 0.0607. The van der Waals surface area contributed by atoms with Gasteiger partial charge in [-0.2, -0.15) is 4.31 Å². The molecule has 3 rings (SSSR count). The molecule has 2 fully saturated rings. The van der Waals surface area contributed by atoms with Crippen molar-refractivity contribution >= 4 is 27.3 Å². The van der Waals surface area contributed by atoms with Crippen molar-refractivity contribution in [1.82, 2.24) is 14.2 Å². The van der Waals surface area contributed by atoms with Crippen molar-refractivity contribution in [2.24, 2.45) is 0 Å². The third kappa shape index (κ3) is 2.68. The van der Waals surface area contributed by atoms with Crippen molar-refractivity contribution in [3.8, 4) is 0 Å². The summed E-state index contributed by atoms with van der Waals surface area (Å²) in [5.41, 5.74) is 1.79. The van der Waals surface area contributed by atoms with E-state index in [9.17, 15) is 13.2 Å². The zero-order chi connectivity index (χ0) is 15.8. The Kier molecular flexibility index (Phi) is 4.26. The molecule has 22 heavy (non-hydrogen) atoms. The third-order valence-corrected chi connectivity index (χ3v) is 7.19. The monoisotopic (exact) mass is 343 g/mol. The first kappa shape index (κ1) is 15.9. The van der Waals surface area contributed by atoms with Crippen LogP contribution in [0.4, 0.5) is 0 Å². The van der Waals surface area contributed by atoms with Crippen LogP contribution < -0.4 is 0 Å². The van der Waals surface area contributed by atoms with Crippen LogP contribution in [0.1, 0.15) is 43.1 Å². The molecule has 0 aromatic carbocycles. The zero-order valence-electron chi connectivity index (χ0n) is 12.7. The lowest BCUT2D eigenvalue weighted by Gasteiger charge is -2.45. The Bertz CT molecular complexity index is 644. The lowest BCUT2D eigenvalue weighted by atomic mass is 9.87. The number of likely N-dealkylation sites (tertiary alicyclic amines) is 1. The van der Waals surface area contributed by atoms with Crippen LogP contribution in [-0.4, -0.2) is 59.4 Å². The maximum atomic E-state index is 12.7. The van der Waals surface area contributed by atoms with Gasteiger partial charge < -0.3 is 4.90 Å². The van der Waals surface area contributed by atoms with Gasteiger partial charge >= 0.3 is 0 Å². The van der Waals surface area contributed by atoms with Crippen LogP contribution in [0.5, 0.6) is 0 Å². The summed E-state index contributed by atoms with van der Waals surface area (Å²) < 4.78 is 26.0. The SMILES string of the molecule is CCS(=O)(=O)N1CCC[C@]2(CCCN2C(=O)c2cscn2)C1. The molecule has 3 heterocycles. The van der Waals surface area contributed by atoms with Gasteiger partial charge in [0.25, 0.3) is 5.91 Å². The number of sulfonamides is 1. The number of hydrogen-bond donors (Lipinski definition) is 0. The highest BCUT2D eigenvalue weighted by Crippen LogP contribution is 2.38. The summed E-state index contributed by atoms with van der Waals surface area (Å²) in [5.74, 6) is 0.0535. The van der Waals surface area contributed by atoms with E-state index >= 15 is 0 Å². The topological polar surface area (TPSA) is 70.6 Å². The zero-order valence-corrected chi connectivity index (χ0v) is 14.3. The maximum absolute atomic E-state index is 12.7. The minimum atomic E-state index is -3.21. The summed E-state index contributed by atoms with van der Waals surface area (Å²) in [4.78, 5) is 18.7. The number of thiazole rings is 1. The van der Waals surface area contributed by atoms with E-state index in [0.717, 1.165) is 25.7 Å². The number of amides is 1. The van der Waals surface area contributed by atoms with Gasteiger partial charge in [0.05, 0.1) is 16.8 Å². The summed E-state index contributed by atoms with van der Waals surface area (Å²) in [7, 11) is -3.21. The molecule has 2 aliphatic heterocycles. The average molecular weight is 343 g/mol. The average Bonchev–Trinajstić information content (AvgIpc) is 3.17. The molecule has 0 bridgehead atoms. The standard InChI is InChI=1S/C14H21N3O3S2/c1-2-22(19,20)16-7-3-5-14(10-16)6-4-8-17(14)13(18)12-9-21-11-15-12/h9,11H,2-8,10H2,1H3/t14-/m0/s1. The summed E-state index contributed by atoms with van der Waals surface area (Å²) in [6.45, 7) is 3.36. The van der Waals surface area contributed by atoms with Gasteiger partial charge in [-0.15, -0.1) is 11.3 Å². The van der Waals surface area contributed by atoms with Crippen molar-refractivity contribution in [3.05, 3.63) is 16.6 Å². The fourth-order valence-electron chi connectivity index (χ4n) is 3.63. The van der Waals surface area contributed by atoms with Gasteiger partial charge in [0.1, 0.15) is 5.69 Å². The highest BCUT2D eigenvalue weighted by Gasteiger charge is 2.48. The van der Waals surface area contributed by atoms with Crippen LogP contribution in [0, 0.1) is 0 Å². The van der Waals surface area contributed by atoms with Gasteiger partial charge in [-0.1, -0.05) is 0 Å². The molecule has 122 valence electrons. The second kappa shape index (κ2) is 5.90. The van der Waals surface area contributed by atoms with Crippen molar-refractivity contribution in [2.45, 2.75) is 38.1 Å². The molecular formula is C14H21N3O3S2. The Morgan fingerprint density at radius 2 is 2.09 bits per heavy atom. The van der Waals surface area contributed by atoms with Gasteiger partial charge in [0.2, 0.25) is 10.0 Å². The molecule has 1 aromatic heterocycles. The van der Waals surface area contributed by atoms with Crippen LogP contribution in [0.25, 0.3) is 0 Å². The van der Waals surface area contributed by atoms with Gasteiger partial charge in [0.15, 0.2) is 0 Å². The number of carbonyl (C=O) groups excluding carboxylic acids is 1. The normalized spacial score (nSPS) is 26.7. The number of carbonyl (C=O) groups is 1. The van der Waals surface area contributed by atoms with Gasteiger partial charge in [0, 0.05) is 25.0 Å². The van der Waals surface area contributed by atoms with E-state index in [2.05, 4.69) is 4.98 Å². The molecule has 0 radical (unpaired) electrons. The molecule has 0 N–H and O–H groups in total. The maximum Gasteiger partial charge on any atom is 0.273 e. The highest BCUT2D eigenvalue weighted by atomic mass is 32.2. The van der Waals surface area contributed by atoms with Crippen molar-refractivity contribution in [3.63, 3.8) is 0 Å². The van der Waals surface area contributed by atoms with E-state index in [1.54, 1.807) is 22.1 Å². The van der Waals surface area contributed by atoms with Gasteiger partial charge in [-0.3, -0.25) is 4.79 Å². The van der Waals surface area contributed by atoms with E-state index in [0.29, 0.717) is 25.3 Å². The molecular weight excluding hydrogens is 322 g/mol. The lowest BCUT2D eigenvalue weighted by molar-refractivity contribution is 0.0443. The van der Waals surface area contributed by atoms with E-state index in [1.807, 2.05) is 4.90 Å². The van der Waals surface area contributed by atoms with Crippen LogP contribution in [-0.2, 0) is 10.0 Å². The van der Waals surface area contributed by atoms with E-state index in [4.69, 9.17) is 0 Å². The summed E-state index contributed by atoms with van der Waals surface area (Å²) >= 11 is 1.41. The first-order chi connectivity index (χ1) is 10.5. The molecule has 1 aromatic rings. The number of hydrogen-bond acceptors (Lipinski definition) is 5. The summed E-state index contributed by atoms with van der Waals surface area (Å²) in [6, 6.07) is 0. The number of piperidine rings is 1. The second-order valence-corrected chi connectivity index (χ2v) is 8.97. The Balaban J connectivity index is 1.86. The minimum Gasteiger partial charge on any atom is -0.330 e. The molecule has 1 spiro atoms. The Labute approximate surface area is 135 Å². The molecule has 2 aliphatic rings. The lowest BCUT2D eigenvalue weighted by Crippen LogP contribution is -2.58. The molecule has 8 heteroatoms. The molecule has 1 atom stereocenters. The fourth-order valence-corrected chi connectivity index (χ4v) is 5.36. The van der Waals surface area contributed by atoms with Crippen molar-refractivity contribution < 1.29 is 13.2 Å². The number of rotatable bonds is 3. The summed E-state index contributed by atoms with van der Waals surface area (Å²) in [6.07, 6.45) is 3.48. The first-order valence-electron chi connectivity index (χ1n) is 7.66. The third-order valence-electron chi connectivity index (χ3n) is 4.77. The van der Waals surface area contributed by atoms with E-state index in [1.165, 1.54) is 11.3 Å². The van der Waals surface area contributed by atoms with Gasteiger partial charge in [-0.05, 0) is 32.6 Å². The van der Waals surface area contributed by atoms with Crippen LogP contribution in [0.15, 0.2) is 10.9 Å². The fraction of sp³-hybridized carbons (Fsp3) is 0.714. The molecule has 0 aliphatic carbocycles. The van der Waals surface area contributed by atoms with Gasteiger partial charge in [-0.25, -0.2) is 13.4 Å². The Hall–Kier alpha value is -0.990. The molecule has 1 amide bonds. The molecule has 0 saturated carbocycles. The van der Waals surface area contributed by atoms with Crippen LogP contribution in [0.2, 0.25) is 0 Å². The Morgan fingerprint density at radius 3 is 2.73 bits per heavy atom. The number of nitrogens with zero attached hydrogens (tertiary/aromatic N) is 3. The first-order valence-corrected chi connectivity index (χ1v) is 10.2. The van der Waals surface area contributed by atoms with Crippen molar-refractivity contribution in [1.29, 1.82) is 0 Å². The molecule has 2 saturated heterocycles. The van der Waals surface area contributed by atoms with Crippen LogP contribution in [0.3, 0.4) is 0 Å². The Morgan fingerprint density at radius 1 is 1.36 bits per heavy atom. The van der Waals surface area contributed by atoms with Crippen LogP contribution >= 0.6 is 11.3 Å². The smallest absolute Gasteiger partial charge is 0.273 e. The predicted molar refractivity (Wildman–Crippen MR) is 85.4 cm³/mol. The quantitative estimate of drug-likeness (QED) is 0.835. The van der Waals surface area contributed by atoms with E-state index in [-0.39, 0.29) is 17.2 Å².